The zero-order chi connectivity index (χ0) is 13.1. The number of amides is 1. The van der Waals surface area contributed by atoms with Gasteiger partial charge in [-0.2, -0.15) is 0 Å². The predicted octanol–water partition coefficient (Wildman–Crippen LogP) is 3.37. The van der Waals surface area contributed by atoms with E-state index < -0.39 is 0 Å². The molecule has 2 heterocycles. The van der Waals surface area contributed by atoms with E-state index in [9.17, 15) is 4.79 Å². The molecular formula is C12H16Cl2N2OS. The van der Waals surface area contributed by atoms with Crippen LogP contribution in [0, 0.1) is 0 Å². The zero-order valence-electron chi connectivity index (χ0n) is 10.1. The van der Waals surface area contributed by atoms with Gasteiger partial charge in [-0.25, -0.2) is 0 Å². The van der Waals surface area contributed by atoms with E-state index >= 15 is 0 Å². The van der Waals surface area contributed by atoms with Crippen LogP contribution in [0.25, 0.3) is 0 Å². The molecule has 3 nitrogen and oxygen atoms in total. The average molecular weight is 307 g/mol. The van der Waals surface area contributed by atoms with Crippen molar-refractivity contribution in [2.24, 2.45) is 0 Å². The van der Waals surface area contributed by atoms with Gasteiger partial charge >= 0.3 is 0 Å². The maximum Gasteiger partial charge on any atom is 0.237 e. The van der Waals surface area contributed by atoms with Gasteiger partial charge in [0.05, 0.1) is 14.7 Å². The summed E-state index contributed by atoms with van der Waals surface area (Å²) in [7, 11) is 0. The number of thiophene rings is 1. The molecule has 1 aromatic rings. The Hall–Kier alpha value is -0.290. The summed E-state index contributed by atoms with van der Waals surface area (Å²) in [6.07, 6.45) is 2.97. The molecule has 0 bridgehead atoms. The summed E-state index contributed by atoms with van der Waals surface area (Å²) in [5, 5.41) is 6.24. The second kappa shape index (κ2) is 6.24. The molecule has 0 spiro atoms. The predicted molar refractivity (Wildman–Crippen MR) is 76.5 cm³/mol. The highest BCUT2D eigenvalue weighted by atomic mass is 35.5. The Kier molecular flexibility index (Phi) is 4.90. The summed E-state index contributed by atoms with van der Waals surface area (Å²) < 4.78 is 1.36. The van der Waals surface area contributed by atoms with Crippen LogP contribution in [0.15, 0.2) is 6.07 Å². The van der Waals surface area contributed by atoms with Crippen LogP contribution in [0.4, 0.5) is 0 Å². The van der Waals surface area contributed by atoms with Gasteiger partial charge in [0, 0.05) is 12.6 Å². The lowest BCUT2D eigenvalue weighted by Gasteiger charge is -2.20. The summed E-state index contributed by atoms with van der Waals surface area (Å²) in [6, 6.07) is 1.74. The first-order chi connectivity index (χ1) is 8.58. The first-order valence-electron chi connectivity index (χ1n) is 6.06. The van der Waals surface area contributed by atoms with Gasteiger partial charge in [0.25, 0.3) is 0 Å². The van der Waals surface area contributed by atoms with Crippen LogP contribution >= 0.6 is 34.5 Å². The first kappa shape index (κ1) is 14.1. The van der Waals surface area contributed by atoms with Crippen molar-refractivity contribution in [1.29, 1.82) is 0 Å². The number of nitrogens with one attached hydrogen (secondary N) is 2. The van der Waals surface area contributed by atoms with Crippen molar-refractivity contribution in [2.45, 2.75) is 38.3 Å². The lowest BCUT2D eigenvalue weighted by molar-refractivity contribution is -0.123. The van der Waals surface area contributed by atoms with Crippen LogP contribution < -0.4 is 10.6 Å². The number of rotatable bonds is 3. The molecule has 1 amide bonds. The van der Waals surface area contributed by atoms with Crippen molar-refractivity contribution < 1.29 is 4.79 Å². The van der Waals surface area contributed by atoms with Crippen LogP contribution in [0.3, 0.4) is 0 Å². The van der Waals surface area contributed by atoms with E-state index in [2.05, 4.69) is 10.6 Å². The molecule has 0 aliphatic carbocycles. The van der Waals surface area contributed by atoms with Gasteiger partial charge in [-0.05, 0) is 37.8 Å². The minimum Gasteiger partial charge on any atom is -0.355 e. The summed E-state index contributed by atoms with van der Waals surface area (Å²) in [5.74, 6) is 0.0804. The Bertz CT molecular complexity index is 436. The quantitative estimate of drug-likeness (QED) is 0.899. The summed E-state index contributed by atoms with van der Waals surface area (Å²) in [6.45, 7) is 2.78. The molecule has 2 unspecified atom stereocenters. The van der Waals surface area contributed by atoms with E-state index in [-0.39, 0.29) is 18.0 Å². The number of hydrogen-bond donors (Lipinski definition) is 2. The third-order valence-electron chi connectivity index (χ3n) is 3.14. The molecule has 1 aromatic heterocycles. The monoisotopic (exact) mass is 306 g/mol. The van der Waals surface area contributed by atoms with Crippen molar-refractivity contribution in [1.82, 2.24) is 10.6 Å². The summed E-state index contributed by atoms with van der Waals surface area (Å²) in [4.78, 5) is 11.8. The van der Waals surface area contributed by atoms with E-state index in [1.807, 2.05) is 13.0 Å². The summed E-state index contributed by atoms with van der Waals surface area (Å²) >= 11 is 13.4. The van der Waals surface area contributed by atoms with Gasteiger partial charge in [0.15, 0.2) is 0 Å². The van der Waals surface area contributed by atoms with Gasteiger partial charge in [-0.1, -0.05) is 23.2 Å². The number of hydrogen-bond acceptors (Lipinski definition) is 3. The molecule has 6 heteroatoms. The number of carbonyl (C=O) groups is 1. The molecular weight excluding hydrogens is 291 g/mol. The van der Waals surface area contributed by atoms with Crippen molar-refractivity contribution in [3.8, 4) is 0 Å². The Morgan fingerprint density at radius 2 is 2.28 bits per heavy atom. The van der Waals surface area contributed by atoms with Crippen molar-refractivity contribution in [3.05, 3.63) is 20.3 Å². The highest BCUT2D eigenvalue weighted by Gasteiger charge is 2.23. The molecule has 1 saturated heterocycles. The normalized spacial score (nSPS) is 22.4. The minimum atomic E-state index is -0.141. The zero-order valence-corrected chi connectivity index (χ0v) is 12.5. The van der Waals surface area contributed by atoms with Gasteiger partial charge < -0.3 is 5.32 Å². The van der Waals surface area contributed by atoms with Crippen LogP contribution in [0.5, 0.6) is 0 Å². The minimum absolute atomic E-state index is 0.0232. The topological polar surface area (TPSA) is 41.1 Å². The van der Waals surface area contributed by atoms with E-state index in [0.717, 1.165) is 31.4 Å². The fourth-order valence-electron chi connectivity index (χ4n) is 2.14. The van der Waals surface area contributed by atoms with Gasteiger partial charge in [-0.3, -0.25) is 10.1 Å². The molecule has 18 heavy (non-hydrogen) atoms. The van der Waals surface area contributed by atoms with Crippen LogP contribution in [-0.2, 0) is 4.79 Å². The lowest BCUT2D eigenvalue weighted by atomic mass is 10.1. The molecule has 1 aliphatic heterocycles. The Morgan fingerprint density at radius 3 is 2.94 bits per heavy atom. The smallest absolute Gasteiger partial charge is 0.237 e. The fraction of sp³-hybridized carbons (Fsp3) is 0.583. The average Bonchev–Trinajstić information content (AvgIpc) is 2.52. The fourth-order valence-corrected chi connectivity index (χ4v) is 3.78. The van der Waals surface area contributed by atoms with Gasteiger partial charge in [0.2, 0.25) is 5.91 Å². The van der Waals surface area contributed by atoms with Crippen LogP contribution in [0.1, 0.15) is 37.8 Å². The molecule has 2 N–H and O–H groups in total. The lowest BCUT2D eigenvalue weighted by Crippen LogP contribution is -2.43. The largest absolute Gasteiger partial charge is 0.355 e. The standard InChI is InChI=1S/C12H16Cl2N2OS/c1-7(8-6-10(13)18-11(8)14)16-9-4-2-3-5-15-12(9)17/h6-7,9,16H,2-5H2,1H3,(H,15,17). The van der Waals surface area contributed by atoms with Crippen molar-refractivity contribution in [3.63, 3.8) is 0 Å². The first-order valence-corrected chi connectivity index (χ1v) is 7.63. The van der Waals surface area contributed by atoms with Crippen molar-refractivity contribution >= 4 is 40.4 Å². The molecule has 2 atom stereocenters. The van der Waals surface area contributed by atoms with Gasteiger partial charge in [0.1, 0.15) is 0 Å². The molecule has 0 aromatic carbocycles. The maximum absolute atomic E-state index is 11.8. The summed E-state index contributed by atoms with van der Waals surface area (Å²) in [5.41, 5.74) is 0.962. The number of carbonyl (C=O) groups excluding carboxylic acids is 1. The Balaban J connectivity index is 2.03. The second-order valence-electron chi connectivity index (χ2n) is 4.51. The molecule has 0 radical (unpaired) electrons. The molecule has 1 aliphatic rings. The Labute approximate surface area is 121 Å². The van der Waals surface area contributed by atoms with Crippen molar-refractivity contribution in [2.75, 3.05) is 6.54 Å². The van der Waals surface area contributed by atoms with E-state index in [1.165, 1.54) is 11.3 Å². The molecule has 2 rings (SSSR count). The third kappa shape index (κ3) is 3.38. The van der Waals surface area contributed by atoms with Crippen LogP contribution in [-0.4, -0.2) is 18.5 Å². The molecule has 1 fully saturated rings. The highest BCUT2D eigenvalue weighted by Crippen LogP contribution is 2.35. The van der Waals surface area contributed by atoms with E-state index in [0.29, 0.717) is 8.67 Å². The maximum atomic E-state index is 11.8. The molecule has 100 valence electrons. The Morgan fingerprint density at radius 1 is 1.50 bits per heavy atom. The van der Waals surface area contributed by atoms with E-state index in [1.54, 1.807) is 0 Å². The molecule has 0 saturated carbocycles. The van der Waals surface area contributed by atoms with Gasteiger partial charge in [-0.15, -0.1) is 11.3 Å². The van der Waals surface area contributed by atoms with E-state index in [4.69, 9.17) is 23.2 Å². The second-order valence-corrected chi connectivity index (χ2v) is 6.79. The SMILES string of the molecule is CC(NC1CCCCNC1=O)c1cc(Cl)sc1Cl. The third-order valence-corrected chi connectivity index (χ3v) is 4.65. The highest BCUT2D eigenvalue weighted by molar-refractivity contribution is 7.20. The number of halogens is 2. The van der Waals surface area contributed by atoms with Crippen LogP contribution in [0.2, 0.25) is 8.67 Å².